The van der Waals surface area contributed by atoms with Crippen molar-refractivity contribution in [2.75, 3.05) is 6.61 Å². The van der Waals surface area contributed by atoms with Crippen molar-refractivity contribution in [1.82, 2.24) is 5.32 Å². The van der Waals surface area contributed by atoms with Gasteiger partial charge in [-0.3, -0.25) is 0 Å². The van der Waals surface area contributed by atoms with Crippen molar-refractivity contribution in [3.05, 3.63) is 0 Å². The van der Waals surface area contributed by atoms with Crippen molar-refractivity contribution in [1.29, 1.82) is 0 Å². The van der Waals surface area contributed by atoms with Crippen LogP contribution in [0.5, 0.6) is 0 Å². The summed E-state index contributed by atoms with van der Waals surface area (Å²) in [5, 5.41) is 12.5. The Morgan fingerprint density at radius 2 is 1.90 bits per heavy atom. The Morgan fingerprint density at radius 3 is 2.57 bits per heavy atom. The van der Waals surface area contributed by atoms with Gasteiger partial charge in [-0.15, -0.1) is 0 Å². The average molecular weight is 299 g/mol. The van der Waals surface area contributed by atoms with Gasteiger partial charge in [-0.1, -0.05) is 19.3 Å². The van der Waals surface area contributed by atoms with E-state index in [0.29, 0.717) is 5.92 Å². The summed E-state index contributed by atoms with van der Waals surface area (Å²) in [4.78, 5) is 11.7. The zero-order valence-corrected chi connectivity index (χ0v) is 12.7. The molecule has 4 atom stereocenters. The van der Waals surface area contributed by atoms with E-state index in [1.807, 2.05) is 13.8 Å². The first-order valence-electron chi connectivity index (χ1n) is 7.94. The van der Waals surface area contributed by atoms with Gasteiger partial charge in [-0.2, -0.15) is 0 Å². The van der Waals surface area contributed by atoms with Gasteiger partial charge in [0.25, 0.3) is 0 Å². The molecule has 6 heteroatoms. The van der Waals surface area contributed by atoms with E-state index >= 15 is 0 Å². The predicted octanol–water partition coefficient (Wildman–Crippen LogP) is 1.56. The van der Waals surface area contributed by atoms with Crippen molar-refractivity contribution in [2.24, 2.45) is 5.92 Å². The van der Waals surface area contributed by atoms with Crippen molar-refractivity contribution in [2.45, 2.75) is 76.1 Å². The highest BCUT2D eigenvalue weighted by atomic mass is 16.8. The quantitative estimate of drug-likeness (QED) is 0.827. The minimum atomic E-state index is -0.760. The highest BCUT2D eigenvalue weighted by molar-refractivity contribution is 5.70. The van der Waals surface area contributed by atoms with Crippen LogP contribution in [0.4, 0.5) is 4.79 Å². The molecule has 1 amide bonds. The molecule has 2 saturated heterocycles. The van der Waals surface area contributed by atoms with Crippen LogP contribution >= 0.6 is 0 Å². The van der Waals surface area contributed by atoms with Crippen LogP contribution in [0.2, 0.25) is 0 Å². The van der Waals surface area contributed by atoms with Crippen LogP contribution in [0, 0.1) is 5.92 Å². The first kappa shape index (κ1) is 15.1. The first-order valence-corrected chi connectivity index (χ1v) is 7.94. The molecule has 3 fully saturated rings. The fourth-order valence-electron chi connectivity index (χ4n) is 3.88. The minimum Gasteiger partial charge on any atom is -0.441 e. The number of hydrogen-bond acceptors (Lipinski definition) is 5. The molecule has 0 spiro atoms. The Labute approximate surface area is 125 Å². The van der Waals surface area contributed by atoms with Gasteiger partial charge in [-0.05, 0) is 32.6 Å². The number of cyclic esters (lactones) is 1. The Bertz CT molecular complexity index is 394. The molecule has 3 rings (SSSR count). The molecule has 2 heterocycles. The molecule has 0 aromatic carbocycles. The molecular formula is C15H25NO5. The van der Waals surface area contributed by atoms with E-state index in [2.05, 4.69) is 5.32 Å². The molecule has 120 valence electrons. The summed E-state index contributed by atoms with van der Waals surface area (Å²) in [5.74, 6) is -0.341. The fraction of sp³-hybridized carbons (Fsp3) is 0.933. The lowest BCUT2D eigenvalue weighted by Crippen LogP contribution is -2.49. The lowest BCUT2D eigenvalue weighted by atomic mass is 9.80. The molecule has 0 aromatic rings. The van der Waals surface area contributed by atoms with Crippen molar-refractivity contribution in [3.63, 3.8) is 0 Å². The number of amides is 1. The van der Waals surface area contributed by atoms with E-state index in [9.17, 15) is 9.90 Å². The van der Waals surface area contributed by atoms with Gasteiger partial charge in [0.1, 0.15) is 12.2 Å². The maximum Gasteiger partial charge on any atom is 0.407 e. The van der Waals surface area contributed by atoms with Gasteiger partial charge < -0.3 is 24.6 Å². The molecular weight excluding hydrogens is 274 g/mol. The lowest BCUT2D eigenvalue weighted by Gasteiger charge is -2.32. The molecule has 1 saturated carbocycles. The maximum absolute atomic E-state index is 11.7. The molecule has 6 nitrogen and oxygen atoms in total. The fourth-order valence-corrected chi connectivity index (χ4v) is 3.88. The Kier molecular flexibility index (Phi) is 4.12. The number of alkyl carbamates (subject to hydrolysis) is 1. The second-order valence-corrected chi connectivity index (χ2v) is 6.76. The second kappa shape index (κ2) is 5.74. The van der Waals surface area contributed by atoms with E-state index in [1.165, 1.54) is 19.3 Å². The minimum absolute atomic E-state index is 0.0469. The molecule has 2 aliphatic heterocycles. The molecule has 2 N–H and O–H groups in total. The third-order valence-corrected chi connectivity index (χ3v) is 4.76. The summed E-state index contributed by atoms with van der Waals surface area (Å²) < 4.78 is 17.1. The maximum atomic E-state index is 11.7. The second-order valence-electron chi connectivity index (χ2n) is 6.76. The van der Waals surface area contributed by atoms with Crippen LogP contribution in [0.15, 0.2) is 0 Å². The number of hydrogen-bond donors (Lipinski definition) is 2. The molecule has 0 unspecified atom stereocenters. The smallest absolute Gasteiger partial charge is 0.407 e. The van der Waals surface area contributed by atoms with Crippen molar-refractivity contribution >= 4 is 6.09 Å². The lowest BCUT2D eigenvalue weighted by molar-refractivity contribution is -0.156. The van der Waals surface area contributed by atoms with Crippen LogP contribution in [-0.2, 0) is 14.2 Å². The summed E-state index contributed by atoms with van der Waals surface area (Å²) in [5.41, 5.74) is 0. The first-order chi connectivity index (χ1) is 10.00. The summed E-state index contributed by atoms with van der Waals surface area (Å²) in [6, 6.07) is -0.0469. The van der Waals surface area contributed by atoms with Gasteiger partial charge in [0.05, 0.1) is 12.6 Å². The Hall–Kier alpha value is -0.850. The SMILES string of the molecule is CC1(C)O[C@@H]([C@H]2OC(=O)N[C@@H]2C2CCCCC2)[C@H](CO)O1. The number of aliphatic hydroxyl groups is 1. The van der Waals surface area contributed by atoms with Crippen LogP contribution < -0.4 is 5.32 Å². The van der Waals surface area contributed by atoms with Crippen LogP contribution in [0.25, 0.3) is 0 Å². The van der Waals surface area contributed by atoms with E-state index in [0.717, 1.165) is 12.8 Å². The largest absolute Gasteiger partial charge is 0.441 e. The number of rotatable bonds is 3. The number of ether oxygens (including phenoxy) is 3. The van der Waals surface area contributed by atoms with Crippen molar-refractivity contribution < 1.29 is 24.1 Å². The Balaban J connectivity index is 1.76. The van der Waals surface area contributed by atoms with Gasteiger partial charge in [0.15, 0.2) is 11.9 Å². The predicted molar refractivity (Wildman–Crippen MR) is 74.7 cm³/mol. The number of aliphatic hydroxyl groups excluding tert-OH is 1. The third-order valence-electron chi connectivity index (χ3n) is 4.76. The van der Waals surface area contributed by atoms with Gasteiger partial charge in [-0.25, -0.2) is 4.79 Å². The van der Waals surface area contributed by atoms with E-state index < -0.39 is 18.0 Å². The summed E-state index contributed by atoms with van der Waals surface area (Å²) in [6.07, 6.45) is 4.20. The zero-order chi connectivity index (χ0) is 15.0. The van der Waals surface area contributed by atoms with E-state index in [4.69, 9.17) is 14.2 Å². The van der Waals surface area contributed by atoms with Gasteiger partial charge in [0, 0.05) is 0 Å². The summed E-state index contributed by atoms with van der Waals surface area (Å²) in [7, 11) is 0. The molecule has 1 aliphatic carbocycles. The van der Waals surface area contributed by atoms with Gasteiger partial charge in [0.2, 0.25) is 0 Å². The average Bonchev–Trinajstić information content (AvgIpc) is 2.99. The summed E-state index contributed by atoms with van der Waals surface area (Å²) >= 11 is 0. The Morgan fingerprint density at radius 1 is 1.19 bits per heavy atom. The standard InChI is InChI=1S/C15H25NO5/c1-15(2)20-10(8-17)12(21-15)13-11(16-14(18)19-13)9-6-4-3-5-7-9/h9-13,17H,3-8H2,1-2H3,(H,16,18)/t10-,11+,12+,13-/m0/s1. The van der Waals surface area contributed by atoms with E-state index in [-0.39, 0.29) is 24.8 Å². The molecule has 0 aromatic heterocycles. The zero-order valence-electron chi connectivity index (χ0n) is 12.7. The number of carbonyl (C=O) groups excluding carboxylic acids is 1. The monoisotopic (exact) mass is 299 g/mol. The number of nitrogens with one attached hydrogen (secondary N) is 1. The summed E-state index contributed by atoms with van der Waals surface area (Å²) in [6.45, 7) is 3.49. The van der Waals surface area contributed by atoms with E-state index in [1.54, 1.807) is 0 Å². The molecule has 21 heavy (non-hydrogen) atoms. The molecule has 0 bridgehead atoms. The highest BCUT2D eigenvalue weighted by Gasteiger charge is 2.53. The van der Waals surface area contributed by atoms with Crippen LogP contribution in [0.1, 0.15) is 46.0 Å². The van der Waals surface area contributed by atoms with Crippen molar-refractivity contribution in [3.8, 4) is 0 Å². The molecule has 3 aliphatic rings. The topological polar surface area (TPSA) is 77.0 Å². The highest BCUT2D eigenvalue weighted by Crippen LogP contribution is 2.37. The van der Waals surface area contributed by atoms with Gasteiger partial charge >= 0.3 is 6.09 Å². The van der Waals surface area contributed by atoms with Crippen LogP contribution in [0.3, 0.4) is 0 Å². The van der Waals surface area contributed by atoms with Crippen LogP contribution in [-0.4, -0.2) is 47.9 Å². The normalized spacial score (nSPS) is 40.0. The third kappa shape index (κ3) is 3.03. The molecule has 0 radical (unpaired) electrons. The number of carbonyl (C=O) groups is 1.